The van der Waals surface area contributed by atoms with Crippen molar-refractivity contribution in [2.24, 2.45) is 4.99 Å². The summed E-state index contributed by atoms with van der Waals surface area (Å²) in [6.07, 6.45) is 3.90. The molecule has 0 aromatic heterocycles. The van der Waals surface area contributed by atoms with E-state index in [1.54, 1.807) is 17.1 Å². The fraction of sp³-hybridized carbons (Fsp3) is 0.200. The van der Waals surface area contributed by atoms with Gasteiger partial charge in [-0.05, 0) is 24.0 Å². The Labute approximate surface area is 88.3 Å². The third-order valence-corrected chi connectivity index (χ3v) is 2.43. The van der Waals surface area contributed by atoms with Crippen molar-refractivity contribution in [3.63, 3.8) is 0 Å². The van der Waals surface area contributed by atoms with E-state index in [-0.39, 0.29) is 0 Å². The molecular formula is C10H11NS2. The zero-order valence-corrected chi connectivity index (χ0v) is 9.07. The van der Waals surface area contributed by atoms with E-state index in [2.05, 4.69) is 47.7 Å². The number of thiocarbonyl (C=S) groups is 1. The molecule has 1 aromatic carbocycles. The molecule has 0 bridgehead atoms. The molecule has 0 heterocycles. The Kier molecular flexibility index (Phi) is 4.72. The van der Waals surface area contributed by atoms with Gasteiger partial charge in [-0.15, -0.1) is 11.8 Å². The van der Waals surface area contributed by atoms with E-state index in [9.17, 15) is 0 Å². The minimum absolute atomic E-state index is 0.611. The minimum Gasteiger partial charge on any atom is -0.288 e. The van der Waals surface area contributed by atoms with E-state index < -0.39 is 0 Å². The van der Waals surface area contributed by atoms with Gasteiger partial charge in [0.25, 0.3) is 0 Å². The lowest BCUT2D eigenvalue weighted by Gasteiger charge is -1.95. The summed E-state index contributed by atoms with van der Waals surface area (Å²) in [4.78, 5) is 5.39. The molecular weight excluding hydrogens is 198 g/mol. The van der Waals surface area contributed by atoms with Crippen molar-refractivity contribution < 1.29 is 0 Å². The highest BCUT2D eigenvalue weighted by molar-refractivity contribution is 7.98. The Balaban J connectivity index is 2.63. The molecule has 3 heteroatoms. The average Bonchev–Trinajstić information content (AvgIpc) is 2.19. The summed E-state index contributed by atoms with van der Waals surface area (Å²) in [5.74, 6) is 0. The summed E-state index contributed by atoms with van der Waals surface area (Å²) in [5, 5.41) is 1.62. The molecule has 0 fully saturated rings. The van der Waals surface area contributed by atoms with E-state index in [1.807, 2.05) is 6.21 Å². The highest BCUT2D eigenvalue weighted by Crippen LogP contribution is 2.13. The summed E-state index contributed by atoms with van der Waals surface area (Å²) in [6, 6.07) is 8.28. The normalized spacial score (nSPS) is 10.5. The third kappa shape index (κ3) is 3.70. The van der Waals surface area contributed by atoms with Gasteiger partial charge in [-0.25, -0.2) is 0 Å². The Morgan fingerprint density at radius 3 is 2.62 bits per heavy atom. The van der Waals surface area contributed by atoms with Crippen LogP contribution < -0.4 is 0 Å². The van der Waals surface area contributed by atoms with Crippen LogP contribution in [0.3, 0.4) is 0 Å². The van der Waals surface area contributed by atoms with Crippen molar-refractivity contribution >= 4 is 35.6 Å². The standard InChI is InChI=1S/C10H11NS2/c1-13-10-4-2-9(3-5-10)8-11-6-7-12/h2-5,7-8H,6H2,1H3. The summed E-state index contributed by atoms with van der Waals surface area (Å²) in [6.45, 7) is 0.611. The number of hydrogen-bond donors (Lipinski definition) is 0. The van der Waals surface area contributed by atoms with E-state index in [4.69, 9.17) is 0 Å². The molecule has 0 saturated heterocycles. The van der Waals surface area contributed by atoms with E-state index in [1.165, 1.54) is 4.90 Å². The zero-order chi connectivity index (χ0) is 9.52. The van der Waals surface area contributed by atoms with Gasteiger partial charge in [0.05, 0.1) is 6.54 Å². The van der Waals surface area contributed by atoms with Gasteiger partial charge < -0.3 is 0 Å². The second-order valence-electron chi connectivity index (χ2n) is 2.43. The lowest BCUT2D eigenvalue weighted by molar-refractivity contribution is 1.35. The van der Waals surface area contributed by atoms with Gasteiger partial charge in [-0.1, -0.05) is 24.4 Å². The monoisotopic (exact) mass is 209 g/mol. The Bertz CT molecular complexity index is 290. The third-order valence-electron chi connectivity index (χ3n) is 1.54. The number of rotatable bonds is 4. The first-order valence-electron chi connectivity index (χ1n) is 3.94. The van der Waals surface area contributed by atoms with Crippen molar-refractivity contribution in [1.82, 2.24) is 0 Å². The number of thioether (sulfide) groups is 1. The van der Waals surface area contributed by atoms with Gasteiger partial charge in [0, 0.05) is 16.5 Å². The maximum atomic E-state index is 4.66. The van der Waals surface area contributed by atoms with Gasteiger partial charge in [-0.2, -0.15) is 0 Å². The molecule has 0 aliphatic carbocycles. The van der Waals surface area contributed by atoms with Crippen molar-refractivity contribution in [3.05, 3.63) is 29.8 Å². The highest BCUT2D eigenvalue weighted by Gasteiger charge is 1.88. The summed E-state index contributed by atoms with van der Waals surface area (Å²) in [7, 11) is 0. The van der Waals surface area contributed by atoms with Crippen molar-refractivity contribution in [3.8, 4) is 0 Å². The van der Waals surface area contributed by atoms with Crippen LogP contribution >= 0.6 is 24.0 Å². The number of nitrogens with zero attached hydrogens (tertiary/aromatic N) is 1. The SMILES string of the molecule is CSc1ccc(C=NCC=S)cc1. The van der Waals surface area contributed by atoms with Gasteiger partial charge in [0.2, 0.25) is 0 Å². The lowest BCUT2D eigenvalue weighted by Crippen LogP contribution is -1.83. The van der Waals surface area contributed by atoms with Crippen molar-refractivity contribution in [2.75, 3.05) is 12.8 Å². The molecule has 0 N–H and O–H groups in total. The summed E-state index contributed by atoms with van der Waals surface area (Å²) < 4.78 is 0. The molecule has 0 saturated carbocycles. The molecule has 0 unspecified atom stereocenters. The quantitative estimate of drug-likeness (QED) is 0.429. The molecule has 68 valence electrons. The molecule has 0 spiro atoms. The highest BCUT2D eigenvalue weighted by atomic mass is 32.2. The van der Waals surface area contributed by atoms with Crippen molar-refractivity contribution in [1.29, 1.82) is 0 Å². The Morgan fingerprint density at radius 2 is 2.08 bits per heavy atom. The fourth-order valence-corrected chi connectivity index (χ4v) is 1.39. The maximum Gasteiger partial charge on any atom is 0.0672 e. The molecule has 13 heavy (non-hydrogen) atoms. The molecule has 1 aromatic rings. The molecule has 1 rings (SSSR count). The first-order valence-corrected chi connectivity index (χ1v) is 5.64. The number of benzene rings is 1. The minimum atomic E-state index is 0.611. The second-order valence-corrected chi connectivity index (χ2v) is 3.65. The van der Waals surface area contributed by atoms with E-state index >= 15 is 0 Å². The van der Waals surface area contributed by atoms with Crippen LogP contribution in [0.4, 0.5) is 0 Å². The summed E-state index contributed by atoms with van der Waals surface area (Å²) >= 11 is 6.40. The van der Waals surface area contributed by atoms with Gasteiger partial charge >= 0.3 is 0 Å². The molecule has 0 aliphatic heterocycles. The smallest absolute Gasteiger partial charge is 0.0672 e. The Hall–Kier alpha value is -0.670. The van der Waals surface area contributed by atoms with E-state index in [0.717, 1.165) is 5.56 Å². The van der Waals surface area contributed by atoms with Crippen LogP contribution in [0.15, 0.2) is 34.2 Å². The van der Waals surface area contributed by atoms with E-state index in [0.29, 0.717) is 6.54 Å². The summed E-state index contributed by atoms with van der Waals surface area (Å²) in [5.41, 5.74) is 1.12. The zero-order valence-electron chi connectivity index (χ0n) is 7.43. The van der Waals surface area contributed by atoms with Crippen LogP contribution in [-0.4, -0.2) is 24.4 Å². The van der Waals surface area contributed by atoms with Crippen LogP contribution in [-0.2, 0) is 0 Å². The maximum absolute atomic E-state index is 4.66. The topological polar surface area (TPSA) is 12.4 Å². The predicted octanol–water partition coefficient (Wildman–Crippen LogP) is 2.83. The first-order chi connectivity index (χ1) is 6.36. The Morgan fingerprint density at radius 1 is 1.38 bits per heavy atom. The van der Waals surface area contributed by atoms with Gasteiger partial charge in [0.15, 0.2) is 0 Å². The van der Waals surface area contributed by atoms with Crippen LogP contribution in [0.25, 0.3) is 0 Å². The first kappa shape index (κ1) is 10.4. The predicted molar refractivity (Wildman–Crippen MR) is 64.3 cm³/mol. The second kappa shape index (κ2) is 5.89. The van der Waals surface area contributed by atoms with Gasteiger partial charge in [-0.3, -0.25) is 4.99 Å². The number of aliphatic imine (C=N–C) groups is 1. The fourth-order valence-electron chi connectivity index (χ4n) is 0.891. The number of hydrogen-bond acceptors (Lipinski definition) is 3. The van der Waals surface area contributed by atoms with Crippen LogP contribution in [0, 0.1) is 0 Å². The molecule has 1 nitrogen and oxygen atoms in total. The molecule has 0 radical (unpaired) electrons. The molecule has 0 aliphatic rings. The molecule has 0 atom stereocenters. The van der Waals surface area contributed by atoms with Crippen LogP contribution in [0.1, 0.15) is 5.56 Å². The van der Waals surface area contributed by atoms with Crippen LogP contribution in [0.5, 0.6) is 0 Å². The average molecular weight is 209 g/mol. The molecule has 0 amide bonds. The van der Waals surface area contributed by atoms with Gasteiger partial charge in [0.1, 0.15) is 0 Å². The largest absolute Gasteiger partial charge is 0.288 e. The van der Waals surface area contributed by atoms with Crippen molar-refractivity contribution in [2.45, 2.75) is 4.90 Å². The van der Waals surface area contributed by atoms with Crippen LogP contribution in [0.2, 0.25) is 0 Å². The lowest BCUT2D eigenvalue weighted by atomic mass is 10.2.